The third-order valence-corrected chi connectivity index (χ3v) is 7.55. The smallest absolute Gasteiger partial charge is 0.256 e. The van der Waals surface area contributed by atoms with Gasteiger partial charge in [-0.1, -0.05) is 32.4 Å². The third-order valence-electron chi connectivity index (χ3n) is 4.56. The molecule has 28 heavy (non-hydrogen) atoms. The minimum Gasteiger partial charge on any atom is -0.322 e. The van der Waals surface area contributed by atoms with E-state index in [0.29, 0.717) is 29.6 Å². The summed E-state index contributed by atoms with van der Waals surface area (Å²) < 4.78 is 27.0. The van der Waals surface area contributed by atoms with E-state index in [-0.39, 0.29) is 10.8 Å². The van der Waals surface area contributed by atoms with Crippen molar-refractivity contribution in [1.82, 2.24) is 4.31 Å². The van der Waals surface area contributed by atoms with Crippen molar-refractivity contribution in [2.75, 3.05) is 18.4 Å². The molecule has 0 atom stereocenters. The van der Waals surface area contributed by atoms with Gasteiger partial charge in [0.05, 0.1) is 10.5 Å². The minimum absolute atomic E-state index is 0.199. The highest BCUT2D eigenvalue weighted by molar-refractivity contribution is 8.00. The Hall–Kier alpha value is -1.83. The van der Waals surface area contributed by atoms with Gasteiger partial charge in [0.25, 0.3) is 5.91 Å². The summed E-state index contributed by atoms with van der Waals surface area (Å²) in [7, 11) is -3.46. The number of amides is 1. The van der Waals surface area contributed by atoms with E-state index >= 15 is 0 Å². The molecule has 0 aliphatic carbocycles. The Morgan fingerprint density at radius 3 is 2.29 bits per heavy atom. The Morgan fingerprint density at radius 2 is 1.64 bits per heavy atom. The molecule has 1 fully saturated rings. The SMILES string of the molecule is CC(C)Sc1ccccc1C(=O)Nc1ccc(S(=O)(=O)N2CCCCC2)cc1. The molecule has 0 saturated carbocycles. The van der Waals surface area contributed by atoms with Crippen LogP contribution in [0.2, 0.25) is 0 Å². The lowest BCUT2D eigenvalue weighted by Crippen LogP contribution is -2.35. The quantitative estimate of drug-likeness (QED) is 0.696. The van der Waals surface area contributed by atoms with Crippen molar-refractivity contribution in [1.29, 1.82) is 0 Å². The van der Waals surface area contributed by atoms with Crippen molar-refractivity contribution in [3.05, 3.63) is 54.1 Å². The normalized spacial score (nSPS) is 15.5. The van der Waals surface area contributed by atoms with E-state index in [2.05, 4.69) is 19.2 Å². The second kappa shape index (κ2) is 9.11. The predicted octanol–water partition coefficient (Wildman–Crippen LogP) is 4.61. The monoisotopic (exact) mass is 418 g/mol. The second-order valence-corrected chi connectivity index (χ2v) is 10.7. The summed E-state index contributed by atoms with van der Waals surface area (Å²) >= 11 is 1.64. The Bertz CT molecular complexity index is 919. The first-order valence-corrected chi connectivity index (χ1v) is 11.9. The molecule has 0 aromatic heterocycles. The Morgan fingerprint density at radius 1 is 1.00 bits per heavy atom. The van der Waals surface area contributed by atoms with Crippen LogP contribution in [0.15, 0.2) is 58.3 Å². The molecule has 7 heteroatoms. The van der Waals surface area contributed by atoms with Gasteiger partial charge in [-0.15, -0.1) is 11.8 Å². The highest BCUT2D eigenvalue weighted by Gasteiger charge is 2.25. The molecule has 150 valence electrons. The molecule has 1 N–H and O–H groups in total. The van der Waals surface area contributed by atoms with Crippen LogP contribution in [0.5, 0.6) is 0 Å². The third kappa shape index (κ3) is 4.96. The topological polar surface area (TPSA) is 66.5 Å². The van der Waals surface area contributed by atoms with Gasteiger partial charge < -0.3 is 5.32 Å². The van der Waals surface area contributed by atoms with Crippen LogP contribution in [-0.4, -0.2) is 37.0 Å². The van der Waals surface area contributed by atoms with Crippen LogP contribution in [0.3, 0.4) is 0 Å². The lowest BCUT2D eigenvalue weighted by molar-refractivity contribution is 0.102. The molecule has 0 unspecified atom stereocenters. The predicted molar refractivity (Wildman–Crippen MR) is 114 cm³/mol. The zero-order chi connectivity index (χ0) is 20.1. The van der Waals surface area contributed by atoms with E-state index in [1.165, 1.54) is 0 Å². The number of thioether (sulfide) groups is 1. The second-order valence-electron chi connectivity index (χ2n) is 7.11. The van der Waals surface area contributed by atoms with E-state index in [1.54, 1.807) is 46.4 Å². The van der Waals surface area contributed by atoms with Crippen LogP contribution >= 0.6 is 11.8 Å². The lowest BCUT2D eigenvalue weighted by Gasteiger charge is -2.25. The van der Waals surface area contributed by atoms with Gasteiger partial charge in [-0.05, 0) is 49.2 Å². The summed E-state index contributed by atoms with van der Waals surface area (Å²) in [4.78, 5) is 13.9. The maximum atomic E-state index is 12.7. The number of nitrogens with one attached hydrogen (secondary N) is 1. The largest absolute Gasteiger partial charge is 0.322 e. The van der Waals surface area contributed by atoms with Gasteiger partial charge in [0.1, 0.15) is 0 Å². The molecule has 2 aromatic carbocycles. The summed E-state index contributed by atoms with van der Waals surface area (Å²) in [5.41, 5.74) is 1.19. The van der Waals surface area contributed by atoms with E-state index in [1.807, 2.05) is 18.2 Å². The molecular formula is C21H26N2O3S2. The first-order chi connectivity index (χ1) is 13.4. The van der Waals surface area contributed by atoms with Crippen LogP contribution in [0, 0.1) is 0 Å². The number of carbonyl (C=O) groups is 1. The van der Waals surface area contributed by atoms with Gasteiger partial charge in [-0.3, -0.25) is 4.79 Å². The number of hydrogen-bond acceptors (Lipinski definition) is 4. The number of carbonyl (C=O) groups excluding carboxylic acids is 1. The summed E-state index contributed by atoms with van der Waals surface area (Å²) in [6.45, 7) is 5.32. The summed E-state index contributed by atoms with van der Waals surface area (Å²) in [5, 5.41) is 3.24. The Balaban J connectivity index is 1.73. The van der Waals surface area contributed by atoms with E-state index in [4.69, 9.17) is 0 Å². The minimum atomic E-state index is -3.46. The number of sulfonamides is 1. The molecule has 5 nitrogen and oxygen atoms in total. The highest BCUT2D eigenvalue weighted by atomic mass is 32.2. The summed E-state index contributed by atoms with van der Waals surface area (Å²) in [6, 6.07) is 13.9. The van der Waals surface area contributed by atoms with Gasteiger partial charge >= 0.3 is 0 Å². The molecule has 1 amide bonds. The van der Waals surface area contributed by atoms with Gasteiger partial charge in [-0.25, -0.2) is 8.42 Å². The fourth-order valence-electron chi connectivity index (χ4n) is 3.17. The molecule has 0 bridgehead atoms. The Kier molecular flexibility index (Phi) is 6.80. The van der Waals surface area contributed by atoms with Crippen LogP contribution < -0.4 is 5.32 Å². The fraction of sp³-hybridized carbons (Fsp3) is 0.381. The van der Waals surface area contributed by atoms with Crippen LogP contribution in [-0.2, 0) is 10.0 Å². The van der Waals surface area contributed by atoms with E-state index in [9.17, 15) is 13.2 Å². The number of hydrogen-bond donors (Lipinski definition) is 1. The molecule has 2 aromatic rings. The number of rotatable bonds is 6. The average molecular weight is 419 g/mol. The molecular weight excluding hydrogens is 392 g/mol. The molecule has 0 radical (unpaired) electrons. The van der Waals surface area contributed by atoms with Crippen molar-refractivity contribution in [2.24, 2.45) is 0 Å². The molecule has 1 saturated heterocycles. The van der Waals surface area contributed by atoms with Crippen molar-refractivity contribution >= 4 is 33.4 Å². The standard InChI is InChI=1S/C21H26N2O3S2/c1-16(2)27-20-9-5-4-8-19(20)21(24)22-17-10-12-18(13-11-17)28(25,26)23-14-6-3-7-15-23/h4-5,8-13,16H,3,6-7,14-15H2,1-2H3,(H,22,24). The van der Waals surface area contributed by atoms with Gasteiger partial charge in [-0.2, -0.15) is 4.31 Å². The number of anilines is 1. The maximum absolute atomic E-state index is 12.7. The number of nitrogens with zero attached hydrogens (tertiary/aromatic N) is 1. The van der Waals surface area contributed by atoms with E-state index in [0.717, 1.165) is 24.2 Å². The Labute approximate surface area is 171 Å². The van der Waals surface area contributed by atoms with Gasteiger partial charge in [0.2, 0.25) is 10.0 Å². The first-order valence-electron chi connectivity index (χ1n) is 9.55. The molecule has 3 rings (SSSR count). The molecule has 1 aliphatic heterocycles. The van der Waals surface area contributed by atoms with Crippen molar-refractivity contribution in [3.8, 4) is 0 Å². The van der Waals surface area contributed by atoms with E-state index < -0.39 is 10.0 Å². The first kappa shape index (κ1) is 20.9. The summed E-state index contributed by atoms with van der Waals surface area (Å²) in [5.74, 6) is -0.199. The zero-order valence-corrected chi connectivity index (χ0v) is 17.9. The average Bonchev–Trinajstić information content (AvgIpc) is 2.69. The number of piperidine rings is 1. The summed E-state index contributed by atoms with van der Waals surface area (Å²) in [6.07, 6.45) is 2.88. The number of benzene rings is 2. The van der Waals surface area contributed by atoms with Gasteiger partial charge in [0.15, 0.2) is 0 Å². The molecule has 1 aliphatic rings. The van der Waals surface area contributed by atoms with Crippen LogP contribution in [0.4, 0.5) is 5.69 Å². The molecule has 1 heterocycles. The lowest BCUT2D eigenvalue weighted by atomic mass is 10.2. The van der Waals surface area contributed by atoms with Crippen molar-refractivity contribution in [2.45, 2.75) is 48.2 Å². The van der Waals surface area contributed by atoms with Crippen molar-refractivity contribution in [3.63, 3.8) is 0 Å². The molecule has 0 spiro atoms. The van der Waals surface area contributed by atoms with Gasteiger partial charge in [0, 0.05) is 28.9 Å². The van der Waals surface area contributed by atoms with Crippen LogP contribution in [0.25, 0.3) is 0 Å². The highest BCUT2D eigenvalue weighted by Crippen LogP contribution is 2.27. The van der Waals surface area contributed by atoms with Crippen LogP contribution in [0.1, 0.15) is 43.5 Å². The maximum Gasteiger partial charge on any atom is 0.256 e. The fourth-order valence-corrected chi connectivity index (χ4v) is 5.64. The zero-order valence-electron chi connectivity index (χ0n) is 16.2. The van der Waals surface area contributed by atoms with Crippen molar-refractivity contribution < 1.29 is 13.2 Å².